The van der Waals surface area contributed by atoms with Crippen LogP contribution in [0, 0.1) is 5.41 Å². The molecule has 0 saturated heterocycles. The molecule has 0 heterocycles. The summed E-state index contributed by atoms with van der Waals surface area (Å²) in [7, 11) is 0. The first-order valence-electron chi connectivity index (χ1n) is 8.62. The van der Waals surface area contributed by atoms with Gasteiger partial charge in [0.2, 0.25) is 5.41 Å². The van der Waals surface area contributed by atoms with Crippen LogP contribution in [-0.2, 0) is 9.53 Å². The summed E-state index contributed by atoms with van der Waals surface area (Å²) in [5.74, 6) is -58.9. The van der Waals surface area contributed by atoms with Crippen molar-refractivity contribution in [1.82, 2.24) is 0 Å². The normalized spacial score (nSPS) is 43.0. The zero-order valence-corrected chi connectivity index (χ0v) is 16.2. The highest BCUT2D eigenvalue weighted by molar-refractivity contribution is 5.87. The molecule has 0 atom stereocenters. The van der Waals surface area contributed by atoms with E-state index in [2.05, 4.69) is 11.3 Å². The topological polar surface area (TPSA) is 26.3 Å². The average molecular weight is 554 g/mol. The molecule has 4 fully saturated rings. The zero-order valence-electron chi connectivity index (χ0n) is 16.2. The van der Waals surface area contributed by atoms with Crippen LogP contribution in [0.3, 0.4) is 0 Å². The Kier molecular flexibility index (Phi) is 4.69. The standard InChI is InChI=1S/C16H7F17O2/c1-4(2)5(34)35-3-6(17,18)7-11(22,23)8(19)14(28,29)9(20,12(7,24)25)16(32,33)10(21,13(7,26)27)15(8,30)31/h1,3H2,2H3. The first-order valence-corrected chi connectivity index (χ1v) is 8.62. The van der Waals surface area contributed by atoms with E-state index in [-0.39, 0.29) is 0 Å². The number of halogens is 17. The van der Waals surface area contributed by atoms with Crippen molar-refractivity contribution in [1.29, 1.82) is 0 Å². The minimum atomic E-state index is -8.29. The second-order valence-electron chi connectivity index (χ2n) is 8.23. The molecule has 2 nitrogen and oxygen atoms in total. The summed E-state index contributed by atoms with van der Waals surface area (Å²) in [6.45, 7) is -0.346. The molecule has 4 rings (SSSR count). The highest BCUT2D eigenvalue weighted by atomic mass is 19.4. The first-order chi connectivity index (χ1) is 15.1. The molecule has 35 heavy (non-hydrogen) atoms. The molecule has 4 aliphatic rings. The van der Waals surface area contributed by atoms with Gasteiger partial charge in [0.05, 0.1) is 0 Å². The molecule has 19 heteroatoms. The number of carbonyl (C=O) groups is 1. The fourth-order valence-corrected chi connectivity index (χ4v) is 4.93. The maximum absolute atomic E-state index is 14.9. The lowest BCUT2D eigenvalue weighted by atomic mass is 9.35. The van der Waals surface area contributed by atoms with Crippen LogP contribution in [-0.4, -0.2) is 71.0 Å². The third-order valence-corrected chi connectivity index (χ3v) is 6.59. The van der Waals surface area contributed by atoms with Crippen LogP contribution >= 0.6 is 0 Å². The van der Waals surface area contributed by atoms with Crippen molar-refractivity contribution < 1.29 is 84.2 Å². The van der Waals surface area contributed by atoms with Gasteiger partial charge in [-0.25, -0.2) is 53.1 Å². The van der Waals surface area contributed by atoms with Gasteiger partial charge in [-0.05, 0) is 6.92 Å². The number of hydrogen-bond donors (Lipinski definition) is 0. The predicted octanol–water partition coefficient (Wildman–Crippen LogP) is 5.70. The Labute approximate surface area is 181 Å². The number of esters is 1. The monoisotopic (exact) mass is 554 g/mol. The van der Waals surface area contributed by atoms with E-state index in [1.807, 2.05) is 0 Å². The molecule has 0 spiro atoms. The van der Waals surface area contributed by atoms with Crippen molar-refractivity contribution in [3.63, 3.8) is 0 Å². The third-order valence-electron chi connectivity index (χ3n) is 6.59. The van der Waals surface area contributed by atoms with Crippen molar-refractivity contribution in [2.45, 2.75) is 65.4 Å². The lowest BCUT2D eigenvalue weighted by Crippen LogP contribution is -3.09. The van der Waals surface area contributed by atoms with Gasteiger partial charge in [-0.1, -0.05) is 6.58 Å². The molecule has 0 amide bonds. The van der Waals surface area contributed by atoms with E-state index >= 15 is 0 Å². The predicted molar refractivity (Wildman–Crippen MR) is 74.4 cm³/mol. The van der Waals surface area contributed by atoms with E-state index in [4.69, 9.17) is 0 Å². The fraction of sp³-hybridized carbons (Fsp3) is 0.812. The average Bonchev–Trinajstić information content (AvgIpc) is 2.65. The smallest absolute Gasteiger partial charge is 0.339 e. The van der Waals surface area contributed by atoms with Gasteiger partial charge in [0.1, 0.15) is 0 Å². The fourth-order valence-electron chi connectivity index (χ4n) is 4.93. The minimum absolute atomic E-state index is 0.578. The maximum Gasteiger partial charge on any atom is 0.339 e. The van der Waals surface area contributed by atoms with Crippen molar-refractivity contribution >= 4 is 5.97 Å². The van der Waals surface area contributed by atoms with Gasteiger partial charge in [-0.15, -0.1) is 0 Å². The summed E-state index contributed by atoms with van der Waals surface area (Å²) in [5, 5.41) is 0. The summed E-state index contributed by atoms with van der Waals surface area (Å²) in [4.78, 5) is 11.2. The maximum atomic E-state index is 14.9. The van der Waals surface area contributed by atoms with Gasteiger partial charge in [0, 0.05) is 5.57 Å². The molecule has 4 bridgehead atoms. The molecule has 4 saturated carbocycles. The van der Waals surface area contributed by atoms with E-state index in [9.17, 15) is 79.4 Å². The quantitative estimate of drug-likeness (QED) is 0.253. The van der Waals surface area contributed by atoms with Crippen molar-refractivity contribution in [2.75, 3.05) is 6.61 Å². The van der Waals surface area contributed by atoms with Crippen molar-refractivity contribution in [3.8, 4) is 0 Å². The molecule has 0 N–H and O–H groups in total. The van der Waals surface area contributed by atoms with Crippen molar-refractivity contribution in [3.05, 3.63) is 12.2 Å². The molecule has 0 unspecified atom stereocenters. The third kappa shape index (κ3) is 1.85. The van der Waals surface area contributed by atoms with E-state index in [1.54, 1.807) is 0 Å². The Hall–Kier alpha value is -1.98. The van der Waals surface area contributed by atoms with E-state index < -0.39 is 82.0 Å². The molecule has 0 aromatic heterocycles. The molecule has 0 aromatic carbocycles. The van der Waals surface area contributed by atoms with Crippen molar-refractivity contribution in [2.24, 2.45) is 5.41 Å². The molecular formula is C16H7F17O2. The lowest BCUT2D eigenvalue weighted by molar-refractivity contribution is -0.628. The Morgan fingerprint density at radius 2 is 0.886 bits per heavy atom. The van der Waals surface area contributed by atoms with E-state index in [0.29, 0.717) is 6.92 Å². The van der Waals surface area contributed by atoms with Crippen LogP contribution in [0.5, 0.6) is 0 Å². The van der Waals surface area contributed by atoms with Crippen LogP contribution in [0.15, 0.2) is 12.2 Å². The van der Waals surface area contributed by atoms with Gasteiger partial charge in [0.15, 0.2) is 6.61 Å². The van der Waals surface area contributed by atoms with Gasteiger partial charge in [0.25, 0.3) is 0 Å². The Bertz CT molecular complexity index is 900. The summed E-state index contributed by atoms with van der Waals surface area (Å²) in [6, 6.07) is 0. The number of hydrogen-bond acceptors (Lipinski definition) is 2. The first kappa shape index (κ1) is 27.6. The number of carbonyl (C=O) groups excluding carboxylic acids is 1. The van der Waals surface area contributed by atoms with Gasteiger partial charge >= 0.3 is 64.4 Å². The Morgan fingerprint density at radius 3 is 1.11 bits per heavy atom. The zero-order chi connectivity index (χ0) is 28.1. The van der Waals surface area contributed by atoms with Crippen LogP contribution in [0.2, 0.25) is 0 Å². The molecule has 0 aliphatic heterocycles. The molecule has 4 aliphatic carbocycles. The molecular weight excluding hydrogens is 547 g/mol. The molecule has 0 aromatic rings. The summed E-state index contributed by atoms with van der Waals surface area (Å²) < 4.78 is 252. The summed E-state index contributed by atoms with van der Waals surface area (Å²) in [5.41, 5.74) is -33.5. The largest absolute Gasteiger partial charge is 0.456 e. The Morgan fingerprint density at radius 1 is 0.629 bits per heavy atom. The second-order valence-corrected chi connectivity index (χ2v) is 8.23. The highest BCUT2D eigenvalue weighted by Gasteiger charge is 3.24. The molecule has 202 valence electrons. The second kappa shape index (κ2) is 5.94. The van der Waals surface area contributed by atoms with Gasteiger partial charge < -0.3 is 4.74 Å². The van der Waals surface area contributed by atoms with Gasteiger partial charge in [-0.2, -0.15) is 26.3 Å². The SMILES string of the molecule is C=C(C)C(=O)OCC(F)(F)C12C(F)(F)C3(F)C(F)(F)C(F)(C(F)(F)C(F)(C3(F)F)C1(F)F)C2(F)F. The summed E-state index contributed by atoms with van der Waals surface area (Å²) >= 11 is 0. The van der Waals surface area contributed by atoms with Crippen LogP contribution in [0.1, 0.15) is 6.92 Å². The highest BCUT2D eigenvalue weighted by Crippen LogP contribution is 2.92. The van der Waals surface area contributed by atoms with Gasteiger partial charge in [-0.3, -0.25) is 0 Å². The van der Waals surface area contributed by atoms with Crippen LogP contribution in [0.4, 0.5) is 74.6 Å². The summed E-state index contributed by atoms with van der Waals surface area (Å²) in [6.07, 6.45) is 0. The number of rotatable bonds is 4. The Balaban J connectivity index is 2.60. The molecule has 0 radical (unpaired) electrons. The van der Waals surface area contributed by atoms with Crippen LogP contribution < -0.4 is 0 Å². The van der Waals surface area contributed by atoms with Crippen LogP contribution in [0.25, 0.3) is 0 Å². The van der Waals surface area contributed by atoms with E-state index in [1.165, 1.54) is 0 Å². The number of ether oxygens (including phenoxy) is 1. The lowest BCUT2D eigenvalue weighted by Gasteiger charge is -2.75. The number of alkyl halides is 17. The minimum Gasteiger partial charge on any atom is -0.456 e. The van der Waals surface area contributed by atoms with E-state index in [0.717, 1.165) is 0 Å².